The molecule has 2 aromatic heterocycles. The minimum absolute atomic E-state index is 0.668. The molecule has 0 radical (unpaired) electrons. The van der Waals surface area contributed by atoms with Gasteiger partial charge in [0.25, 0.3) is 0 Å². The van der Waals surface area contributed by atoms with Gasteiger partial charge in [-0.25, -0.2) is 9.97 Å². The fourth-order valence-corrected chi connectivity index (χ4v) is 2.54. The zero-order valence-electron chi connectivity index (χ0n) is 12.4. The summed E-state index contributed by atoms with van der Waals surface area (Å²) in [5, 5.41) is 3.35. The third kappa shape index (κ3) is 2.76. The van der Waals surface area contributed by atoms with Gasteiger partial charge in [0.1, 0.15) is 5.82 Å². The minimum Gasteiger partial charge on any atom is -0.365 e. The van der Waals surface area contributed by atoms with Crippen molar-refractivity contribution in [3.8, 4) is 5.69 Å². The Morgan fingerprint density at radius 3 is 2.65 bits per heavy atom. The number of rotatable bonds is 4. The topological polar surface area (TPSA) is 55.6 Å². The molecule has 23 heavy (non-hydrogen) atoms. The van der Waals surface area contributed by atoms with E-state index in [4.69, 9.17) is 0 Å². The van der Waals surface area contributed by atoms with Gasteiger partial charge in [0.2, 0.25) is 0 Å². The average molecular weight is 301 g/mol. The molecule has 0 aliphatic rings. The van der Waals surface area contributed by atoms with Crippen molar-refractivity contribution in [2.75, 3.05) is 5.32 Å². The third-order valence-corrected chi connectivity index (χ3v) is 3.68. The number of anilines is 1. The zero-order chi connectivity index (χ0) is 15.5. The molecule has 0 unspecified atom stereocenters. The van der Waals surface area contributed by atoms with E-state index < -0.39 is 0 Å². The Hall–Kier alpha value is -3.21. The molecule has 1 N–H and O–H groups in total. The Kier molecular flexibility index (Phi) is 3.44. The van der Waals surface area contributed by atoms with Crippen molar-refractivity contribution in [2.24, 2.45) is 0 Å². The number of nitrogens with zero attached hydrogens (tertiary/aromatic N) is 4. The molecule has 0 spiro atoms. The molecular weight excluding hydrogens is 286 g/mol. The number of fused-ring (bicyclic) bond motifs is 1. The van der Waals surface area contributed by atoms with Crippen LogP contribution < -0.4 is 5.32 Å². The van der Waals surface area contributed by atoms with Crippen LogP contribution in [0.1, 0.15) is 5.56 Å². The SMILES string of the molecule is c1ccc(-n2ccnc2)c(CNc2cnc3ccccc3n2)c1. The second-order valence-corrected chi connectivity index (χ2v) is 5.20. The first-order valence-corrected chi connectivity index (χ1v) is 7.42. The molecule has 4 rings (SSSR count). The molecule has 0 amide bonds. The van der Waals surface area contributed by atoms with Crippen LogP contribution in [-0.4, -0.2) is 19.5 Å². The number of benzene rings is 2. The van der Waals surface area contributed by atoms with Crippen LogP contribution in [0.3, 0.4) is 0 Å². The molecule has 0 bridgehead atoms. The van der Waals surface area contributed by atoms with E-state index in [9.17, 15) is 0 Å². The van der Waals surface area contributed by atoms with Gasteiger partial charge >= 0.3 is 0 Å². The highest BCUT2D eigenvalue weighted by Gasteiger charge is 2.04. The second-order valence-electron chi connectivity index (χ2n) is 5.20. The van der Waals surface area contributed by atoms with Gasteiger partial charge in [0, 0.05) is 18.9 Å². The van der Waals surface area contributed by atoms with E-state index in [2.05, 4.69) is 32.4 Å². The lowest BCUT2D eigenvalue weighted by Crippen LogP contribution is -2.05. The van der Waals surface area contributed by atoms with Crippen LogP contribution >= 0.6 is 0 Å². The van der Waals surface area contributed by atoms with Crippen molar-refractivity contribution in [2.45, 2.75) is 6.54 Å². The van der Waals surface area contributed by atoms with E-state index in [0.29, 0.717) is 6.54 Å². The molecule has 0 fully saturated rings. The number of nitrogens with one attached hydrogen (secondary N) is 1. The monoisotopic (exact) mass is 301 g/mol. The molecule has 2 aromatic carbocycles. The third-order valence-electron chi connectivity index (χ3n) is 3.68. The highest BCUT2D eigenvalue weighted by Crippen LogP contribution is 2.16. The average Bonchev–Trinajstić information content (AvgIpc) is 3.14. The summed E-state index contributed by atoms with van der Waals surface area (Å²) >= 11 is 0. The van der Waals surface area contributed by atoms with Crippen LogP contribution in [0.4, 0.5) is 5.82 Å². The van der Waals surface area contributed by atoms with E-state index in [1.54, 1.807) is 18.7 Å². The van der Waals surface area contributed by atoms with E-state index in [-0.39, 0.29) is 0 Å². The first-order valence-electron chi connectivity index (χ1n) is 7.42. The summed E-state index contributed by atoms with van der Waals surface area (Å²) in [6, 6.07) is 16.1. The van der Waals surface area contributed by atoms with Crippen molar-refractivity contribution in [3.63, 3.8) is 0 Å². The van der Waals surface area contributed by atoms with Gasteiger partial charge in [0.05, 0.1) is 29.2 Å². The van der Waals surface area contributed by atoms with Gasteiger partial charge in [-0.05, 0) is 23.8 Å². The Bertz CT molecular complexity index is 931. The predicted molar refractivity (Wildman–Crippen MR) is 90.4 cm³/mol. The molecule has 0 aliphatic carbocycles. The smallest absolute Gasteiger partial charge is 0.145 e. The Balaban J connectivity index is 1.59. The summed E-state index contributed by atoms with van der Waals surface area (Å²) in [4.78, 5) is 13.1. The van der Waals surface area contributed by atoms with Gasteiger partial charge in [-0.15, -0.1) is 0 Å². The molecule has 4 aromatic rings. The number of imidazole rings is 1. The van der Waals surface area contributed by atoms with Crippen LogP contribution in [-0.2, 0) is 6.54 Å². The van der Waals surface area contributed by atoms with E-state index >= 15 is 0 Å². The summed E-state index contributed by atoms with van der Waals surface area (Å²) in [5.74, 6) is 0.768. The van der Waals surface area contributed by atoms with Gasteiger partial charge in [-0.2, -0.15) is 0 Å². The normalized spacial score (nSPS) is 10.8. The van der Waals surface area contributed by atoms with Gasteiger partial charge in [-0.3, -0.25) is 4.98 Å². The van der Waals surface area contributed by atoms with Crippen molar-refractivity contribution in [1.29, 1.82) is 0 Å². The lowest BCUT2D eigenvalue weighted by molar-refractivity contribution is 1.00. The maximum Gasteiger partial charge on any atom is 0.145 e. The fourth-order valence-electron chi connectivity index (χ4n) is 2.54. The van der Waals surface area contributed by atoms with Crippen molar-refractivity contribution >= 4 is 16.9 Å². The summed E-state index contributed by atoms with van der Waals surface area (Å²) in [6.45, 7) is 0.668. The first-order chi connectivity index (χ1) is 11.4. The minimum atomic E-state index is 0.668. The maximum absolute atomic E-state index is 4.59. The van der Waals surface area contributed by atoms with Crippen LogP contribution in [0.5, 0.6) is 0 Å². The fraction of sp³-hybridized carbons (Fsp3) is 0.0556. The van der Waals surface area contributed by atoms with Gasteiger partial charge < -0.3 is 9.88 Å². The van der Waals surface area contributed by atoms with Crippen molar-refractivity contribution < 1.29 is 0 Å². The number of hydrogen-bond acceptors (Lipinski definition) is 4. The van der Waals surface area contributed by atoms with E-state index in [0.717, 1.165) is 22.5 Å². The van der Waals surface area contributed by atoms with E-state index in [1.807, 2.05) is 47.2 Å². The summed E-state index contributed by atoms with van der Waals surface area (Å²) in [7, 11) is 0. The molecule has 0 saturated carbocycles. The Labute approximate surface area is 133 Å². The zero-order valence-corrected chi connectivity index (χ0v) is 12.4. The number of aromatic nitrogens is 4. The van der Waals surface area contributed by atoms with Gasteiger partial charge in [-0.1, -0.05) is 30.3 Å². The van der Waals surface area contributed by atoms with Crippen molar-refractivity contribution in [1.82, 2.24) is 19.5 Å². The number of hydrogen-bond donors (Lipinski definition) is 1. The molecule has 2 heterocycles. The second kappa shape index (κ2) is 5.88. The lowest BCUT2D eigenvalue weighted by Gasteiger charge is -2.11. The predicted octanol–water partition coefficient (Wildman–Crippen LogP) is 3.43. The molecule has 0 saturated heterocycles. The van der Waals surface area contributed by atoms with Crippen LogP contribution in [0.15, 0.2) is 73.4 Å². The Morgan fingerprint density at radius 1 is 0.957 bits per heavy atom. The largest absolute Gasteiger partial charge is 0.365 e. The Morgan fingerprint density at radius 2 is 1.78 bits per heavy atom. The van der Waals surface area contributed by atoms with Crippen molar-refractivity contribution in [3.05, 3.63) is 79.0 Å². The van der Waals surface area contributed by atoms with Crippen LogP contribution in [0.2, 0.25) is 0 Å². The van der Waals surface area contributed by atoms with Crippen LogP contribution in [0.25, 0.3) is 16.7 Å². The molecule has 0 aliphatic heterocycles. The van der Waals surface area contributed by atoms with Crippen LogP contribution in [0, 0.1) is 0 Å². The van der Waals surface area contributed by atoms with Gasteiger partial charge in [0.15, 0.2) is 0 Å². The highest BCUT2D eigenvalue weighted by molar-refractivity contribution is 5.75. The molecule has 0 atom stereocenters. The number of para-hydroxylation sites is 3. The molecule has 5 heteroatoms. The maximum atomic E-state index is 4.59. The standard InChI is InChI=1S/C18H15N5/c1-4-8-17(23-10-9-19-13-23)14(5-1)11-21-18-12-20-15-6-2-3-7-16(15)22-18/h1-10,12-13H,11H2,(H,21,22). The summed E-state index contributed by atoms with van der Waals surface area (Å²) < 4.78 is 2.00. The molecule has 5 nitrogen and oxygen atoms in total. The van der Waals surface area contributed by atoms with E-state index in [1.165, 1.54) is 5.56 Å². The lowest BCUT2D eigenvalue weighted by atomic mass is 10.1. The first kappa shape index (κ1) is 13.5. The molecular formula is C18H15N5. The summed E-state index contributed by atoms with van der Waals surface area (Å²) in [5.41, 5.74) is 4.06. The highest BCUT2D eigenvalue weighted by atomic mass is 15.0. The quantitative estimate of drug-likeness (QED) is 0.627. The molecule has 112 valence electrons. The summed E-state index contributed by atoms with van der Waals surface area (Å²) in [6.07, 6.45) is 7.28.